The van der Waals surface area contributed by atoms with E-state index >= 15 is 0 Å². The average Bonchev–Trinajstić information content (AvgIpc) is 2.47. The molecule has 3 unspecified atom stereocenters. The fourth-order valence-corrected chi connectivity index (χ4v) is 4.00. The van der Waals surface area contributed by atoms with Gasteiger partial charge in [0.1, 0.15) is 5.78 Å². The van der Waals surface area contributed by atoms with Crippen molar-refractivity contribution in [2.75, 3.05) is 20.6 Å². The zero-order chi connectivity index (χ0) is 12.1. The smallest absolute Gasteiger partial charge is 0.142 e. The Morgan fingerprint density at radius 2 is 1.88 bits per heavy atom. The molecule has 1 radical (unpaired) electrons. The van der Waals surface area contributed by atoms with E-state index < -0.39 is 0 Å². The monoisotopic (exact) mass is 274 g/mol. The number of hydrogen-bond acceptors (Lipinski definition) is 2. The Balaban J connectivity index is 0.00000144. The molecule has 0 aromatic heterocycles. The molecule has 2 nitrogen and oxygen atoms in total. The first kappa shape index (κ1) is 15.3. The summed E-state index contributed by atoms with van der Waals surface area (Å²) in [5.41, 5.74) is 0.190. The number of ketones is 1. The maximum absolute atomic E-state index is 12.5. The molecule has 17 heavy (non-hydrogen) atoms. The summed E-state index contributed by atoms with van der Waals surface area (Å²) >= 11 is 0. The quantitative estimate of drug-likeness (QED) is 0.788. The Bertz CT molecular complexity index is 313. The normalized spacial score (nSPS) is 38.6. The molecule has 0 aromatic carbocycles. The zero-order valence-electron chi connectivity index (χ0n) is 11.8. The van der Waals surface area contributed by atoms with Gasteiger partial charge in [-0.3, -0.25) is 4.79 Å². The molecule has 3 atom stereocenters. The maximum atomic E-state index is 12.5. The van der Waals surface area contributed by atoms with Crippen molar-refractivity contribution in [1.29, 1.82) is 0 Å². The van der Waals surface area contributed by atoms with Crippen LogP contribution < -0.4 is 0 Å². The first-order chi connectivity index (χ1) is 7.30. The van der Waals surface area contributed by atoms with E-state index in [1.165, 1.54) is 6.42 Å². The third-order valence-corrected chi connectivity index (χ3v) is 5.56. The summed E-state index contributed by atoms with van der Waals surface area (Å²) < 4.78 is 0. The van der Waals surface area contributed by atoms with Crippen molar-refractivity contribution < 1.29 is 23.4 Å². The van der Waals surface area contributed by atoms with Crippen LogP contribution >= 0.6 is 0 Å². The Labute approximate surface area is 117 Å². The van der Waals surface area contributed by atoms with Crippen molar-refractivity contribution in [1.82, 2.24) is 4.90 Å². The molecule has 0 saturated heterocycles. The predicted molar refractivity (Wildman–Crippen MR) is 66.3 cm³/mol. The van der Waals surface area contributed by atoms with E-state index in [4.69, 9.17) is 0 Å². The van der Waals surface area contributed by atoms with Crippen molar-refractivity contribution in [2.24, 2.45) is 22.7 Å². The van der Waals surface area contributed by atoms with Crippen molar-refractivity contribution in [2.45, 2.75) is 40.0 Å². The molecule has 0 aliphatic heterocycles. The summed E-state index contributed by atoms with van der Waals surface area (Å²) in [7, 11) is 4.18. The Morgan fingerprint density at radius 1 is 1.29 bits per heavy atom. The van der Waals surface area contributed by atoms with E-state index in [9.17, 15) is 4.79 Å². The maximum Gasteiger partial charge on any atom is 0.142 e. The molecule has 2 aliphatic carbocycles. The van der Waals surface area contributed by atoms with Gasteiger partial charge in [0.15, 0.2) is 0 Å². The van der Waals surface area contributed by atoms with Crippen LogP contribution in [-0.4, -0.2) is 31.3 Å². The van der Waals surface area contributed by atoms with Crippen LogP contribution in [0.3, 0.4) is 0 Å². The van der Waals surface area contributed by atoms with E-state index in [1.54, 1.807) is 0 Å². The molecule has 0 heterocycles. The van der Waals surface area contributed by atoms with Crippen molar-refractivity contribution in [3.63, 3.8) is 0 Å². The third kappa shape index (κ3) is 2.03. The number of nitrogens with zero attached hydrogens (tertiary/aromatic N) is 1. The average molecular weight is 274 g/mol. The fraction of sp³-hybridized carbons (Fsp3) is 0.929. The molecule has 2 fully saturated rings. The number of carbonyl (C=O) groups excluding carboxylic acids is 1. The van der Waals surface area contributed by atoms with Gasteiger partial charge in [0, 0.05) is 29.9 Å². The SMILES string of the molecule is CN(C)CCC1C(=O)C2(C)CCC1C2(C)C.[V]. The van der Waals surface area contributed by atoms with Crippen LogP contribution in [0.5, 0.6) is 0 Å². The summed E-state index contributed by atoms with van der Waals surface area (Å²) in [6.45, 7) is 7.85. The van der Waals surface area contributed by atoms with E-state index in [0.29, 0.717) is 17.6 Å². The molecule has 0 N–H and O–H groups in total. The van der Waals surface area contributed by atoms with Gasteiger partial charge >= 0.3 is 0 Å². The second-order valence-electron chi connectivity index (χ2n) is 6.76. The second-order valence-corrected chi connectivity index (χ2v) is 6.76. The van der Waals surface area contributed by atoms with E-state index in [1.807, 2.05) is 0 Å². The van der Waals surface area contributed by atoms with Gasteiger partial charge < -0.3 is 4.90 Å². The minimum Gasteiger partial charge on any atom is -0.309 e. The number of fused-ring (bicyclic) bond motifs is 2. The van der Waals surface area contributed by atoms with Gasteiger partial charge in [-0.15, -0.1) is 0 Å². The molecule has 0 amide bonds. The minimum absolute atomic E-state index is 0. The molecule has 2 rings (SSSR count). The fourth-order valence-electron chi connectivity index (χ4n) is 4.00. The molecule has 0 aromatic rings. The summed E-state index contributed by atoms with van der Waals surface area (Å²) in [5, 5.41) is 0. The van der Waals surface area contributed by atoms with E-state index in [2.05, 4.69) is 39.8 Å². The number of carbonyl (C=O) groups is 1. The molecular formula is C14H25NOV. The van der Waals surface area contributed by atoms with Gasteiger partial charge in [0.25, 0.3) is 0 Å². The Morgan fingerprint density at radius 3 is 2.29 bits per heavy atom. The van der Waals surface area contributed by atoms with Crippen LogP contribution in [0.15, 0.2) is 0 Å². The van der Waals surface area contributed by atoms with Gasteiger partial charge in [0.05, 0.1) is 0 Å². The summed E-state index contributed by atoms with van der Waals surface area (Å²) in [6.07, 6.45) is 3.42. The molecule has 3 heteroatoms. The summed E-state index contributed by atoms with van der Waals surface area (Å²) in [6, 6.07) is 0. The Kier molecular flexibility index (Phi) is 4.24. The Hall–Kier alpha value is 0.214. The molecular weight excluding hydrogens is 249 g/mol. The largest absolute Gasteiger partial charge is 0.309 e. The zero-order valence-corrected chi connectivity index (χ0v) is 13.2. The first-order valence-electron chi connectivity index (χ1n) is 6.50. The van der Waals surface area contributed by atoms with Crippen LogP contribution in [0.1, 0.15) is 40.0 Å². The molecule has 2 saturated carbocycles. The first-order valence-corrected chi connectivity index (χ1v) is 6.50. The van der Waals surface area contributed by atoms with Crippen LogP contribution in [0.25, 0.3) is 0 Å². The van der Waals surface area contributed by atoms with Crippen LogP contribution in [0.4, 0.5) is 0 Å². The summed E-state index contributed by atoms with van der Waals surface area (Å²) in [5.74, 6) is 1.51. The summed E-state index contributed by atoms with van der Waals surface area (Å²) in [4.78, 5) is 14.7. The van der Waals surface area contributed by atoms with E-state index in [0.717, 1.165) is 19.4 Å². The van der Waals surface area contributed by atoms with Crippen molar-refractivity contribution in [3.05, 3.63) is 0 Å². The number of hydrogen-bond donors (Lipinski definition) is 0. The topological polar surface area (TPSA) is 20.3 Å². The third-order valence-electron chi connectivity index (χ3n) is 5.56. The van der Waals surface area contributed by atoms with Gasteiger partial charge in [0.2, 0.25) is 0 Å². The molecule has 2 aliphatic rings. The second kappa shape index (κ2) is 4.71. The van der Waals surface area contributed by atoms with Gasteiger partial charge in [-0.25, -0.2) is 0 Å². The van der Waals surface area contributed by atoms with Crippen LogP contribution in [0, 0.1) is 22.7 Å². The van der Waals surface area contributed by atoms with Crippen LogP contribution in [-0.2, 0) is 23.4 Å². The molecule has 0 spiro atoms. The van der Waals surface area contributed by atoms with Crippen molar-refractivity contribution >= 4 is 5.78 Å². The predicted octanol–water partition coefficient (Wildman–Crippen LogP) is 2.58. The number of rotatable bonds is 3. The van der Waals surface area contributed by atoms with Gasteiger partial charge in [-0.05, 0) is 51.2 Å². The molecule has 97 valence electrons. The molecule has 2 bridgehead atoms. The minimum atomic E-state index is -0.0331. The number of Topliss-reactive ketones (excluding diaryl/α,β-unsaturated/α-hetero) is 1. The van der Waals surface area contributed by atoms with Gasteiger partial charge in [-0.1, -0.05) is 20.8 Å². The van der Waals surface area contributed by atoms with Gasteiger partial charge in [-0.2, -0.15) is 0 Å². The standard InChI is InChI=1S/C14H25NO.V/c1-13(2)11-6-8-14(13,3)12(16)10(11)7-9-15(4)5;/h10-11H,6-9H2,1-5H3;. The van der Waals surface area contributed by atoms with Crippen LogP contribution in [0.2, 0.25) is 0 Å². The van der Waals surface area contributed by atoms with Crippen molar-refractivity contribution in [3.8, 4) is 0 Å². The van der Waals surface area contributed by atoms with E-state index in [-0.39, 0.29) is 29.4 Å².